The molecule has 1 amide bonds. The molecule has 0 aliphatic rings. The number of carbonyl (C=O) groups is 2. The fraction of sp³-hybridized carbons (Fsp3) is 0.286. The predicted molar refractivity (Wildman–Crippen MR) is 78.5 cm³/mol. The van der Waals surface area contributed by atoms with Gasteiger partial charge in [0.05, 0.1) is 24.6 Å². The number of aryl methyl sites for hydroxylation is 1. The monoisotopic (exact) mass is 310 g/mol. The Kier molecular flexibility index (Phi) is 4.50. The molecule has 0 aliphatic heterocycles. The van der Waals surface area contributed by atoms with Gasteiger partial charge in [0.25, 0.3) is 5.91 Å². The number of aliphatic hydroxyl groups excluding tert-OH is 1. The molecule has 7 heteroatoms. The SMILES string of the molecule is Cn1cc(C(=O)N[C@H](CO)CC(=O)O)c2cc(Cl)ccc21. The lowest BCUT2D eigenvalue weighted by Crippen LogP contribution is -2.39. The van der Waals surface area contributed by atoms with Crippen LogP contribution >= 0.6 is 11.6 Å². The van der Waals surface area contributed by atoms with Gasteiger partial charge in [0.1, 0.15) is 0 Å². The number of benzene rings is 1. The highest BCUT2D eigenvalue weighted by Crippen LogP contribution is 2.24. The molecule has 0 fully saturated rings. The van der Waals surface area contributed by atoms with Crippen LogP contribution < -0.4 is 5.32 Å². The molecular weight excluding hydrogens is 296 g/mol. The van der Waals surface area contributed by atoms with Crippen molar-refractivity contribution in [1.29, 1.82) is 0 Å². The maximum absolute atomic E-state index is 12.3. The third-order valence-electron chi connectivity index (χ3n) is 3.17. The smallest absolute Gasteiger partial charge is 0.305 e. The summed E-state index contributed by atoms with van der Waals surface area (Å²) >= 11 is 5.95. The number of carboxylic acids is 1. The van der Waals surface area contributed by atoms with Crippen LogP contribution in [-0.4, -0.2) is 39.3 Å². The Morgan fingerprint density at radius 2 is 2.14 bits per heavy atom. The van der Waals surface area contributed by atoms with Crippen LogP contribution in [0.15, 0.2) is 24.4 Å². The average molecular weight is 311 g/mol. The van der Waals surface area contributed by atoms with Crippen molar-refractivity contribution >= 4 is 34.4 Å². The number of aliphatic carboxylic acids is 1. The minimum atomic E-state index is -1.09. The Balaban J connectivity index is 2.31. The van der Waals surface area contributed by atoms with E-state index in [9.17, 15) is 9.59 Å². The largest absolute Gasteiger partial charge is 0.481 e. The molecule has 1 heterocycles. The summed E-state index contributed by atoms with van der Waals surface area (Å²) in [6, 6.07) is 4.38. The lowest BCUT2D eigenvalue weighted by Gasteiger charge is -2.13. The highest BCUT2D eigenvalue weighted by Gasteiger charge is 2.19. The molecule has 0 saturated carbocycles. The summed E-state index contributed by atoms with van der Waals surface area (Å²) in [6.07, 6.45) is 1.30. The van der Waals surface area contributed by atoms with Gasteiger partial charge in [0, 0.05) is 29.2 Å². The second-order valence-electron chi connectivity index (χ2n) is 4.77. The lowest BCUT2D eigenvalue weighted by atomic mass is 10.1. The second kappa shape index (κ2) is 6.15. The van der Waals surface area contributed by atoms with Crippen molar-refractivity contribution in [3.8, 4) is 0 Å². The molecule has 1 aromatic carbocycles. The molecule has 2 aromatic rings. The normalized spacial score (nSPS) is 12.3. The van der Waals surface area contributed by atoms with Crippen molar-refractivity contribution in [2.24, 2.45) is 7.05 Å². The van der Waals surface area contributed by atoms with Gasteiger partial charge in [-0.25, -0.2) is 0 Å². The molecule has 0 radical (unpaired) electrons. The number of aliphatic hydroxyl groups is 1. The number of hydrogen-bond acceptors (Lipinski definition) is 3. The summed E-state index contributed by atoms with van der Waals surface area (Å²) in [6.45, 7) is -0.441. The van der Waals surface area contributed by atoms with Gasteiger partial charge in [0.2, 0.25) is 0 Å². The molecular formula is C14H15ClN2O4. The van der Waals surface area contributed by atoms with Crippen molar-refractivity contribution in [2.45, 2.75) is 12.5 Å². The van der Waals surface area contributed by atoms with Crippen molar-refractivity contribution in [2.75, 3.05) is 6.61 Å². The average Bonchev–Trinajstić information content (AvgIpc) is 2.74. The minimum absolute atomic E-state index is 0.340. The Bertz CT molecular complexity index is 696. The number of hydrogen-bond donors (Lipinski definition) is 3. The van der Waals surface area contributed by atoms with Crippen LogP contribution in [0.2, 0.25) is 5.02 Å². The van der Waals surface area contributed by atoms with Crippen LogP contribution in [0.1, 0.15) is 16.8 Å². The zero-order valence-electron chi connectivity index (χ0n) is 11.3. The van der Waals surface area contributed by atoms with Gasteiger partial charge in [0.15, 0.2) is 0 Å². The number of nitrogens with zero attached hydrogens (tertiary/aromatic N) is 1. The number of carboxylic acid groups (broad SMARTS) is 1. The first kappa shape index (κ1) is 15.3. The first-order valence-electron chi connectivity index (χ1n) is 6.30. The van der Waals surface area contributed by atoms with Crippen molar-refractivity contribution < 1.29 is 19.8 Å². The first-order valence-corrected chi connectivity index (χ1v) is 6.68. The summed E-state index contributed by atoms with van der Waals surface area (Å²) in [5, 5.41) is 21.6. The van der Waals surface area contributed by atoms with Gasteiger partial charge >= 0.3 is 5.97 Å². The standard InChI is InChI=1S/C14H15ClN2O4/c1-17-6-11(10-4-8(15)2-3-12(10)17)14(21)16-9(7-18)5-13(19)20/h2-4,6,9,18H,5,7H2,1H3,(H,16,21)(H,19,20)/t9-/m0/s1. The highest BCUT2D eigenvalue weighted by molar-refractivity contribution is 6.31. The number of nitrogens with one attached hydrogen (secondary N) is 1. The number of halogens is 1. The molecule has 112 valence electrons. The zero-order valence-corrected chi connectivity index (χ0v) is 12.1. The van der Waals surface area contributed by atoms with Crippen molar-refractivity contribution in [3.05, 3.63) is 35.0 Å². The van der Waals surface area contributed by atoms with E-state index in [2.05, 4.69) is 5.32 Å². The predicted octanol–water partition coefficient (Wildman–Crippen LogP) is 1.40. The van der Waals surface area contributed by atoms with Gasteiger partial charge in [-0.3, -0.25) is 9.59 Å². The Labute approximate surface area is 125 Å². The maximum atomic E-state index is 12.3. The van der Waals surface area contributed by atoms with Crippen LogP contribution in [0.25, 0.3) is 10.9 Å². The number of carbonyl (C=O) groups excluding carboxylic acids is 1. The summed E-state index contributed by atoms with van der Waals surface area (Å²) in [5.41, 5.74) is 1.22. The van der Waals surface area contributed by atoms with Crippen molar-refractivity contribution in [1.82, 2.24) is 9.88 Å². The van der Waals surface area contributed by atoms with E-state index in [0.717, 1.165) is 5.52 Å². The molecule has 3 N–H and O–H groups in total. The van der Waals surface area contributed by atoms with Crippen LogP contribution in [0, 0.1) is 0 Å². The number of rotatable bonds is 5. The molecule has 0 unspecified atom stereocenters. The maximum Gasteiger partial charge on any atom is 0.305 e. The third-order valence-corrected chi connectivity index (χ3v) is 3.41. The second-order valence-corrected chi connectivity index (χ2v) is 5.20. The lowest BCUT2D eigenvalue weighted by molar-refractivity contribution is -0.137. The molecule has 0 bridgehead atoms. The van der Waals surface area contributed by atoms with Crippen LogP contribution in [0.5, 0.6) is 0 Å². The van der Waals surface area contributed by atoms with Gasteiger partial charge in [-0.1, -0.05) is 11.6 Å². The summed E-state index contributed by atoms with van der Waals surface area (Å²) < 4.78 is 1.78. The highest BCUT2D eigenvalue weighted by atomic mass is 35.5. The van der Waals surface area contributed by atoms with E-state index >= 15 is 0 Å². The van der Waals surface area contributed by atoms with Crippen LogP contribution in [-0.2, 0) is 11.8 Å². The molecule has 6 nitrogen and oxygen atoms in total. The molecule has 0 spiro atoms. The molecule has 0 aliphatic carbocycles. The van der Waals surface area contributed by atoms with E-state index in [0.29, 0.717) is 16.0 Å². The fourth-order valence-electron chi connectivity index (χ4n) is 2.18. The minimum Gasteiger partial charge on any atom is -0.481 e. The zero-order chi connectivity index (χ0) is 15.6. The molecule has 2 rings (SSSR count). The van der Waals surface area contributed by atoms with E-state index in [-0.39, 0.29) is 6.42 Å². The van der Waals surface area contributed by atoms with Gasteiger partial charge in [-0.2, -0.15) is 0 Å². The number of aromatic nitrogens is 1. The Morgan fingerprint density at radius 1 is 1.43 bits per heavy atom. The van der Waals surface area contributed by atoms with Crippen LogP contribution in [0.3, 0.4) is 0 Å². The molecule has 0 saturated heterocycles. The van der Waals surface area contributed by atoms with E-state index in [1.54, 1.807) is 36.0 Å². The summed E-state index contributed by atoms with van der Waals surface area (Å²) in [4.78, 5) is 22.9. The van der Waals surface area contributed by atoms with Crippen LogP contribution in [0.4, 0.5) is 0 Å². The van der Waals surface area contributed by atoms with Crippen molar-refractivity contribution in [3.63, 3.8) is 0 Å². The Morgan fingerprint density at radius 3 is 2.76 bits per heavy atom. The summed E-state index contributed by atoms with van der Waals surface area (Å²) in [5.74, 6) is -1.53. The van der Waals surface area contributed by atoms with Gasteiger partial charge < -0.3 is 20.1 Å². The third kappa shape index (κ3) is 3.34. The molecule has 1 aromatic heterocycles. The van der Waals surface area contributed by atoms with E-state index in [4.69, 9.17) is 21.8 Å². The van der Waals surface area contributed by atoms with Gasteiger partial charge in [-0.05, 0) is 18.2 Å². The fourth-order valence-corrected chi connectivity index (χ4v) is 2.35. The first-order chi connectivity index (χ1) is 9.92. The number of fused-ring (bicyclic) bond motifs is 1. The van der Waals surface area contributed by atoms with E-state index < -0.39 is 24.5 Å². The summed E-state index contributed by atoms with van der Waals surface area (Å²) in [7, 11) is 1.80. The number of amides is 1. The molecule has 21 heavy (non-hydrogen) atoms. The van der Waals surface area contributed by atoms with E-state index in [1.165, 1.54) is 0 Å². The van der Waals surface area contributed by atoms with Gasteiger partial charge in [-0.15, -0.1) is 0 Å². The molecule has 1 atom stereocenters. The quantitative estimate of drug-likeness (QED) is 0.778. The van der Waals surface area contributed by atoms with E-state index in [1.807, 2.05) is 0 Å². The Hall–Kier alpha value is -2.05. The topological polar surface area (TPSA) is 91.6 Å².